The lowest BCUT2D eigenvalue weighted by molar-refractivity contribution is -0.113. The van der Waals surface area contributed by atoms with Crippen molar-refractivity contribution in [2.24, 2.45) is 0 Å². The summed E-state index contributed by atoms with van der Waals surface area (Å²) in [5.41, 5.74) is 0.442. The Morgan fingerprint density at radius 2 is 2.55 bits per heavy atom. The van der Waals surface area contributed by atoms with Crippen molar-refractivity contribution in [2.45, 2.75) is 0 Å². The smallest absolute Gasteiger partial charge is 0.239 e. The van der Waals surface area contributed by atoms with Crippen molar-refractivity contribution in [3.05, 3.63) is 11.3 Å². The van der Waals surface area contributed by atoms with E-state index in [1.807, 2.05) is 0 Å². The van der Waals surface area contributed by atoms with Crippen LogP contribution in [0.2, 0.25) is 5.15 Å². The van der Waals surface area contributed by atoms with E-state index in [1.165, 1.54) is 6.20 Å². The van der Waals surface area contributed by atoms with E-state index in [0.717, 1.165) is 0 Å². The van der Waals surface area contributed by atoms with E-state index in [2.05, 4.69) is 15.5 Å². The molecule has 1 heterocycles. The van der Waals surface area contributed by atoms with Gasteiger partial charge in [-0.05, 0) is 0 Å². The molecule has 0 aliphatic carbocycles. The van der Waals surface area contributed by atoms with Gasteiger partial charge in [-0.2, -0.15) is 5.10 Å². The van der Waals surface area contributed by atoms with Crippen molar-refractivity contribution >= 4 is 34.8 Å². The summed E-state index contributed by atoms with van der Waals surface area (Å²) in [5.74, 6) is -0.406. The number of anilines is 1. The molecule has 6 heteroatoms. The second-order valence-corrected chi connectivity index (χ2v) is 2.42. The van der Waals surface area contributed by atoms with Gasteiger partial charge in [-0.25, -0.2) is 0 Å². The highest BCUT2D eigenvalue weighted by Gasteiger charge is 2.04. The number of nitrogens with one attached hydrogen (secondary N) is 2. The normalized spacial score (nSPS) is 9.64. The van der Waals surface area contributed by atoms with E-state index in [9.17, 15) is 4.79 Å². The Morgan fingerprint density at radius 1 is 1.82 bits per heavy atom. The number of carbonyl (C=O) groups is 1. The van der Waals surface area contributed by atoms with Gasteiger partial charge in [0.25, 0.3) is 0 Å². The molecule has 0 aromatic carbocycles. The number of aromatic nitrogens is 2. The zero-order chi connectivity index (χ0) is 8.27. The maximum atomic E-state index is 10.7. The number of H-pyrrole nitrogens is 1. The molecule has 1 rings (SSSR count). The Labute approximate surface area is 72.9 Å². The summed E-state index contributed by atoms with van der Waals surface area (Å²) in [6.45, 7) is 0. The summed E-state index contributed by atoms with van der Waals surface area (Å²) in [6, 6.07) is 0. The van der Waals surface area contributed by atoms with Crippen molar-refractivity contribution < 1.29 is 4.79 Å². The maximum absolute atomic E-state index is 10.7. The summed E-state index contributed by atoms with van der Waals surface area (Å²) in [7, 11) is 0. The van der Waals surface area contributed by atoms with Crippen LogP contribution in [0.15, 0.2) is 6.20 Å². The van der Waals surface area contributed by atoms with Crippen molar-refractivity contribution in [3.8, 4) is 0 Å². The van der Waals surface area contributed by atoms with Gasteiger partial charge in [-0.15, -0.1) is 11.6 Å². The summed E-state index contributed by atoms with van der Waals surface area (Å²) < 4.78 is 0. The molecule has 1 amide bonds. The number of nitrogens with zero attached hydrogens (tertiary/aromatic N) is 1. The first-order chi connectivity index (χ1) is 5.24. The number of amides is 1. The van der Waals surface area contributed by atoms with Gasteiger partial charge in [-0.3, -0.25) is 9.89 Å². The van der Waals surface area contributed by atoms with Crippen molar-refractivity contribution in [2.75, 3.05) is 11.2 Å². The molecule has 0 bridgehead atoms. The molecule has 0 fully saturated rings. The molecule has 4 nitrogen and oxygen atoms in total. The quantitative estimate of drug-likeness (QED) is 0.695. The Kier molecular flexibility index (Phi) is 2.73. The maximum Gasteiger partial charge on any atom is 0.239 e. The highest BCUT2D eigenvalue weighted by atomic mass is 35.5. The largest absolute Gasteiger partial charge is 0.321 e. The number of hydrogen-bond acceptors (Lipinski definition) is 2. The van der Waals surface area contributed by atoms with Gasteiger partial charge in [0.2, 0.25) is 5.91 Å². The van der Waals surface area contributed by atoms with Crippen molar-refractivity contribution in [1.29, 1.82) is 0 Å². The lowest BCUT2D eigenvalue weighted by Crippen LogP contribution is -2.12. The predicted molar refractivity (Wildman–Crippen MR) is 42.9 cm³/mol. The van der Waals surface area contributed by atoms with Crippen LogP contribution in [0.25, 0.3) is 0 Å². The zero-order valence-corrected chi connectivity index (χ0v) is 6.91. The third-order valence-corrected chi connectivity index (χ3v) is 1.52. The molecule has 0 radical (unpaired) electrons. The van der Waals surface area contributed by atoms with Crippen LogP contribution in [0, 0.1) is 0 Å². The van der Waals surface area contributed by atoms with Crippen LogP contribution in [-0.2, 0) is 4.79 Å². The van der Waals surface area contributed by atoms with Crippen molar-refractivity contribution in [3.63, 3.8) is 0 Å². The van der Waals surface area contributed by atoms with E-state index < -0.39 is 0 Å². The molecule has 0 aliphatic rings. The van der Waals surface area contributed by atoms with Gasteiger partial charge in [0.15, 0.2) is 0 Å². The van der Waals surface area contributed by atoms with Gasteiger partial charge in [0.1, 0.15) is 11.0 Å². The van der Waals surface area contributed by atoms with E-state index in [1.54, 1.807) is 0 Å². The van der Waals surface area contributed by atoms with Gasteiger partial charge < -0.3 is 5.32 Å². The van der Waals surface area contributed by atoms with Gasteiger partial charge in [0, 0.05) is 0 Å². The molecule has 11 heavy (non-hydrogen) atoms. The molecule has 0 saturated carbocycles. The molecule has 0 aliphatic heterocycles. The van der Waals surface area contributed by atoms with Gasteiger partial charge in [-0.1, -0.05) is 11.6 Å². The minimum absolute atomic E-state index is 0.0957. The molecule has 2 N–H and O–H groups in total. The van der Waals surface area contributed by atoms with Crippen LogP contribution in [0.4, 0.5) is 5.69 Å². The number of rotatable bonds is 2. The second kappa shape index (κ2) is 3.59. The van der Waals surface area contributed by atoms with Gasteiger partial charge >= 0.3 is 0 Å². The van der Waals surface area contributed by atoms with Crippen LogP contribution >= 0.6 is 23.2 Å². The number of alkyl halides is 1. The first-order valence-corrected chi connectivity index (χ1v) is 3.70. The monoisotopic (exact) mass is 193 g/mol. The number of halogens is 2. The summed E-state index contributed by atoms with van der Waals surface area (Å²) in [4.78, 5) is 10.7. The third kappa shape index (κ3) is 2.10. The first-order valence-electron chi connectivity index (χ1n) is 2.78. The molecule has 1 aromatic rings. The lowest BCUT2D eigenvalue weighted by Gasteiger charge is -1.97. The van der Waals surface area contributed by atoms with Crippen LogP contribution in [0.1, 0.15) is 0 Å². The minimum atomic E-state index is -0.310. The standard InChI is InChI=1S/C5H5Cl2N3O/c6-1-4(11)9-3-2-8-10-5(3)7/h2H,1H2,(H,8,10)(H,9,11). The lowest BCUT2D eigenvalue weighted by atomic mass is 10.5. The minimum Gasteiger partial charge on any atom is -0.321 e. The predicted octanol–water partition coefficient (Wildman–Crippen LogP) is 1.24. The van der Waals surface area contributed by atoms with Gasteiger partial charge in [0.05, 0.1) is 11.9 Å². The third-order valence-electron chi connectivity index (χ3n) is 0.988. The average Bonchev–Trinajstić information content (AvgIpc) is 2.37. The van der Waals surface area contributed by atoms with Crippen LogP contribution in [0.5, 0.6) is 0 Å². The van der Waals surface area contributed by atoms with Crippen molar-refractivity contribution in [1.82, 2.24) is 10.2 Å². The molecule has 1 aromatic heterocycles. The highest BCUT2D eigenvalue weighted by molar-refractivity contribution is 6.33. The van der Waals surface area contributed by atoms with E-state index in [-0.39, 0.29) is 11.8 Å². The Morgan fingerprint density at radius 3 is 3.00 bits per heavy atom. The summed E-state index contributed by atoms with van der Waals surface area (Å²) in [5, 5.41) is 8.79. The summed E-state index contributed by atoms with van der Waals surface area (Å²) >= 11 is 10.8. The molecule has 0 saturated heterocycles. The molecule has 0 atom stereocenters. The molecular formula is C5H5Cl2N3O. The Balaban J connectivity index is 2.64. The SMILES string of the molecule is O=C(CCl)Nc1cn[nH]c1Cl. The molecule has 0 spiro atoms. The van der Waals surface area contributed by atoms with E-state index >= 15 is 0 Å². The summed E-state index contributed by atoms with van der Waals surface area (Å²) in [6.07, 6.45) is 1.41. The fourth-order valence-corrected chi connectivity index (χ4v) is 0.753. The number of aromatic amines is 1. The Bertz CT molecular complexity index is 260. The first kappa shape index (κ1) is 8.36. The zero-order valence-electron chi connectivity index (χ0n) is 5.40. The molecule has 0 unspecified atom stereocenters. The Hall–Kier alpha value is -0.740. The van der Waals surface area contributed by atoms with E-state index in [0.29, 0.717) is 10.8 Å². The van der Waals surface area contributed by atoms with E-state index in [4.69, 9.17) is 23.2 Å². The topological polar surface area (TPSA) is 57.8 Å². The average molecular weight is 194 g/mol. The number of hydrogen-bond donors (Lipinski definition) is 2. The van der Waals surface area contributed by atoms with Crippen LogP contribution < -0.4 is 5.32 Å². The fraction of sp³-hybridized carbons (Fsp3) is 0.200. The highest BCUT2D eigenvalue weighted by Crippen LogP contribution is 2.16. The van der Waals surface area contributed by atoms with Crippen LogP contribution in [0.3, 0.4) is 0 Å². The fourth-order valence-electron chi connectivity index (χ4n) is 0.541. The number of carbonyl (C=O) groups excluding carboxylic acids is 1. The molecule has 60 valence electrons. The van der Waals surface area contributed by atoms with Crippen LogP contribution in [-0.4, -0.2) is 22.0 Å². The molecular weight excluding hydrogens is 189 g/mol. The second-order valence-electron chi connectivity index (χ2n) is 1.78.